The van der Waals surface area contributed by atoms with Gasteiger partial charge in [-0.2, -0.15) is 0 Å². The highest BCUT2D eigenvalue weighted by atomic mass is 14.6. The van der Waals surface area contributed by atoms with Gasteiger partial charge in [0.25, 0.3) is 0 Å². The fraction of sp³-hybridized carbons (Fsp3) is 0.583. The van der Waals surface area contributed by atoms with Crippen LogP contribution >= 0.6 is 0 Å². The van der Waals surface area contributed by atoms with E-state index in [1.165, 1.54) is 44.1 Å². The molecule has 0 aliphatic carbocycles. The van der Waals surface area contributed by atoms with Crippen molar-refractivity contribution in [2.24, 2.45) is 5.73 Å². The molecule has 0 aromatic carbocycles. The molecular weight excluding hydrogens is 172 g/mol. The lowest BCUT2D eigenvalue weighted by Crippen LogP contribution is -1.97. The first-order chi connectivity index (χ1) is 6.93. The third-order valence-corrected chi connectivity index (χ3v) is 2.42. The third kappa shape index (κ3) is 4.97. The number of aromatic nitrogens is 1. The zero-order valence-corrected chi connectivity index (χ0v) is 8.78. The second kappa shape index (κ2) is 7.51. The molecule has 0 radical (unpaired) electrons. The molecule has 0 bridgehead atoms. The number of hydrogen-bond acceptors (Lipinski definition) is 2. The van der Waals surface area contributed by atoms with Gasteiger partial charge in [0.1, 0.15) is 0 Å². The second-order valence-electron chi connectivity index (χ2n) is 3.66. The lowest BCUT2D eigenvalue weighted by atomic mass is 10.1. The van der Waals surface area contributed by atoms with Crippen molar-refractivity contribution in [3.05, 3.63) is 30.1 Å². The predicted octanol–water partition coefficient (Wildman–Crippen LogP) is 2.53. The second-order valence-corrected chi connectivity index (χ2v) is 3.66. The van der Waals surface area contributed by atoms with E-state index >= 15 is 0 Å². The Kier molecular flexibility index (Phi) is 6.00. The van der Waals surface area contributed by atoms with Gasteiger partial charge in [-0.15, -0.1) is 0 Å². The van der Waals surface area contributed by atoms with E-state index < -0.39 is 0 Å². The number of hydrogen-bond donors (Lipinski definition) is 1. The van der Waals surface area contributed by atoms with E-state index in [-0.39, 0.29) is 0 Å². The summed E-state index contributed by atoms with van der Waals surface area (Å²) in [6.07, 6.45) is 11.3. The van der Waals surface area contributed by atoms with Crippen LogP contribution in [0.5, 0.6) is 0 Å². The first-order valence-electron chi connectivity index (χ1n) is 5.52. The molecule has 1 aromatic heterocycles. The van der Waals surface area contributed by atoms with Gasteiger partial charge in [-0.1, -0.05) is 19.3 Å². The minimum Gasteiger partial charge on any atom is -0.330 e. The van der Waals surface area contributed by atoms with Crippen molar-refractivity contribution in [2.45, 2.75) is 38.5 Å². The molecule has 0 unspecified atom stereocenters. The maximum absolute atomic E-state index is 5.43. The molecule has 0 spiro atoms. The van der Waals surface area contributed by atoms with Crippen LogP contribution in [-0.4, -0.2) is 11.5 Å². The van der Waals surface area contributed by atoms with Crippen molar-refractivity contribution in [1.82, 2.24) is 4.98 Å². The van der Waals surface area contributed by atoms with Crippen molar-refractivity contribution < 1.29 is 0 Å². The normalized spacial score (nSPS) is 10.4. The van der Waals surface area contributed by atoms with Gasteiger partial charge in [0.05, 0.1) is 0 Å². The smallest absolute Gasteiger partial charge is 0.0270 e. The summed E-state index contributed by atoms with van der Waals surface area (Å²) in [6.45, 7) is 0.838. The molecule has 0 atom stereocenters. The molecule has 0 saturated carbocycles. The summed E-state index contributed by atoms with van der Waals surface area (Å²) in [6, 6.07) is 4.19. The molecule has 0 saturated heterocycles. The molecule has 78 valence electrons. The van der Waals surface area contributed by atoms with Crippen LogP contribution in [0.3, 0.4) is 0 Å². The molecule has 0 fully saturated rings. The van der Waals surface area contributed by atoms with Crippen molar-refractivity contribution in [3.8, 4) is 0 Å². The summed E-state index contributed by atoms with van der Waals surface area (Å²) in [4.78, 5) is 4.00. The fourth-order valence-corrected chi connectivity index (χ4v) is 1.55. The highest BCUT2D eigenvalue weighted by Crippen LogP contribution is 2.07. The minimum atomic E-state index is 0.838. The lowest BCUT2D eigenvalue weighted by molar-refractivity contribution is 0.618. The third-order valence-electron chi connectivity index (χ3n) is 2.42. The van der Waals surface area contributed by atoms with Crippen LogP contribution in [0.15, 0.2) is 24.5 Å². The van der Waals surface area contributed by atoms with Gasteiger partial charge >= 0.3 is 0 Å². The van der Waals surface area contributed by atoms with E-state index in [0.29, 0.717) is 0 Å². The molecule has 1 heterocycles. The summed E-state index contributed by atoms with van der Waals surface area (Å²) < 4.78 is 0. The highest BCUT2D eigenvalue weighted by Gasteiger charge is 1.92. The zero-order chi connectivity index (χ0) is 10.1. The highest BCUT2D eigenvalue weighted by molar-refractivity contribution is 5.09. The maximum Gasteiger partial charge on any atom is 0.0270 e. The Morgan fingerprint density at radius 1 is 0.929 bits per heavy atom. The molecule has 0 aliphatic heterocycles. The van der Waals surface area contributed by atoms with Crippen LogP contribution in [0.1, 0.15) is 37.7 Å². The molecule has 1 rings (SSSR count). The van der Waals surface area contributed by atoms with E-state index in [1.54, 1.807) is 0 Å². The maximum atomic E-state index is 5.43. The fourth-order valence-electron chi connectivity index (χ4n) is 1.55. The Balaban J connectivity index is 1.99. The Labute approximate surface area is 86.5 Å². The SMILES string of the molecule is NCCCCCCCc1ccncc1. The molecule has 0 amide bonds. The first kappa shape index (κ1) is 11.2. The van der Waals surface area contributed by atoms with Crippen molar-refractivity contribution in [1.29, 1.82) is 0 Å². The van der Waals surface area contributed by atoms with E-state index in [1.807, 2.05) is 12.4 Å². The van der Waals surface area contributed by atoms with Crippen LogP contribution in [0.2, 0.25) is 0 Å². The van der Waals surface area contributed by atoms with Crippen molar-refractivity contribution in [3.63, 3.8) is 0 Å². The Morgan fingerprint density at radius 3 is 2.29 bits per heavy atom. The predicted molar refractivity (Wildman–Crippen MR) is 60.1 cm³/mol. The number of rotatable bonds is 7. The monoisotopic (exact) mass is 192 g/mol. The average Bonchev–Trinajstić information content (AvgIpc) is 2.25. The van der Waals surface area contributed by atoms with Gasteiger partial charge in [0, 0.05) is 12.4 Å². The van der Waals surface area contributed by atoms with Gasteiger partial charge in [-0.3, -0.25) is 4.98 Å². The summed E-state index contributed by atoms with van der Waals surface area (Å²) in [7, 11) is 0. The quantitative estimate of drug-likeness (QED) is 0.674. The molecule has 2 heteroatoms. The molecule has 2 nitrogen and oxygen atoms in total. The largest absolute Gasteiger partial charge is 0.330 e. The van der Waals surface area contributed by atoms with E-state index in [4.69, 9.17) is 5.73 Å². The Morgan fingerprint density at radius 2 is 1.57 bits per heavy atom. The summed E-state index contributed by atoms with van der Waals surface area (Å²) in [5.41, 5.74) is 6.83. The Hall–Kier alpha value is -0.890. The van der Waals surface area contributed by atoms with Gasteiger partial charge in [-0.05, 0) is 43.5 Å². The zero-order valence-electron chi connectivity index (χ0n) is 8.78. The van der Waals surface area contributed by atoms with Gasteiger partial charge in [0.2, 0.25) is 0 Å². The number of aryl methyl sites for hydroxylation is 1. The number of nitrogens with two attached hydrogens (primary N) is 1. The summed E-state index contributed by atoms with van der Waals surface area (Å²) in [5.74, 6) is 0. The number of nitrogens with zero attached hydrogens (tertiary/aromatic N) is 1. The molecule has 14 heavy (non-hydrogen) atoms. The van der Waals surface area contributed by atoms with Gasteiger partial charge < -0.3 is 5.73 Å². The van der Waals surface area contributed by atoms with Gasteiger partial charge in [-0.25, -0.2) is 0 Å². The molecule has 0 aliphatic rings. The minimum absolute atomic E-state index is 0.838. The van der Waals surface area contributed by atoms with E-state index in [9.17, 15) is 0 Å². The molecule has 2 N–H and O–H groups in total. The Bertz CT molecular complexity index is 221. The van der Waals surface area contributed by atoms with Gasteiger partial charge in [0.15, 0.2) is 0 Å². The van der Waals surface area contributed by atoms with Crippen LogP contribution in [0.4, 0.5) is 0 Å². The average molecular weight is 192 g/mol. The topological polar surface area (TPSA) is 38.9 Å². The van der Waals surface area contributed by atoms with Crippen LogP contribution < -0.4 is 5.73 Å². The number of unbranched alkanes of at least 4 members (excludes halogenated alkanes) is 4. The van der Waals surface area contributed by atoms with Crippen molar-refractivity contribution >= 4 is 0 Å². The summed E-state index contributed by atoms with van der Waals surface area (Å²) in [5, 5.41) is 0. The molecule has 1 aromatic rings. The van der Waals surface area contributed by atoms with Crippen molar-refractivity contribution in [2.75, 3.05) is 6.54 Å². The number of pyridine rings is 1. The van der Waals surface area contributed by atoms with E-state index in [0.717, 1.165) is 6.54 Å². The first-order valence-corrected chi connectivity index (χ1v) is 5.52. The van der Waals surface area contributed by atoms with Crippen LogP contribution in [0, 0.1) is 0 Å². The molecular formula is C12H20N2. The summed E-state index contributed by atoms with van der Waals surface area (Å²) >= 11 is 0. The lowest BCUT2D eigenvalue weighted by Gasteiger charge is -2.00. The van der Waals surface area contributed by atoms with Crippen LogP contribution in [0.25, 0.3) is 0 Å². The van der Waals surface area contributed by atoms with Crippen LogP contribution in [-0.2, 0) is 6.42 Å². The van der Waals surface area contributed by atoms with E-state index in [2.05, 4.69) is 17.1 Å². The standard InChI is InChI=1S/C12H20N2/c13-9-5-3-1-2-4-6-12-7-10-14-11-8-12/h7-8,10-11H,1-6,9,13H2.